The van der Waals surface area contributed by atoms with E-state index in [1.165, 1.54) is 28.0 Å². The summed E-state index contributed by atoms with van der Waals surface area (Å²) in [6.45, 7) is 12.5. The number of hydrogen-bond donors (Lipinski definition) is 3. The Morgan fingerprint density at radius 1 is 1.29 bits per heavy atom. The van der Waals surface area contributed by atoms with E-state index in [0.717, 1.165) is 11.3 Å². The number of sulfonamides is 1. The largest absolute Gasteiger partial charge is 0.480 e. The summed E-state index contributed by atoms with van der Waals surface area (Å²) in [6, 6.07) is 8.74. The van der Waals surface area contributed by atoms with Gasteiger partial charge >= 0.3 is 0 Å². The molecule has 0 saturated carbocycles. The van der Waals surface area contributed by atoms with Crippen LogP contribution in [0.1, 0.15) is 59.9 Å². The fourth-order valence-electron chi connectivity index (χ4n) is 3.84. The van der Waals surface area contributed by atoms with Crippen molar-refractivity contribution >= 4 is 56.2 Å². The lowest BCUT2D eigenvalue weighted by molar-refractivity contribution is -0.118. The zero-order valence-electron chi connectivity index (χ0n) is 24.1. The minimum Gasteiger partial charge on any atom is -0.480 e. The quantitative estimate of drug-likeness (QED) is 0.212. The molecule has 0 spiro atoms. The van der Waals surface area contributed by atoms with Crippen molar-refractivity contribution in [3.8, 4) is 16.3 Å². The average molecular weight is 618 g/mol. The molecular formula is C28H37N6O4S3+. The van der Waals surface area contributed by atoms with E-state index >= 15 is 0 Å². The molecule has 0 unspecified atom stereocenters. The number of hydrogen-bond acceptors (Lipinski definition) is 9. The molecule has 0 fully saturated rings. The standard InChI is InChI=1S/C28H36N6O4S3/c1-7-18(3)40-32-19-10-11-20-22(15-19)41(36,37)33-26(30-20)23-25(38-16-17(2)29)24(21-9-8-14-39-21)31-34(27(23)35)13-12-28(4,5)6/h8-11,14-15,18,29,32H,7,12-13,16H2,1-6H3,(H,30,33)/p+1/t18-/m0/s1. The number of nitrogens with two attached hydrogens (primary N) is 1. The fraction of sp³-hybridized carbons (Fsp3) is 0.429. The Balaban J connectivity index is 1.87. The van der Waals surface area contributed by atoms with E-state index in [1.54, 1.807) is 25.1 Å². The van der Waals surface area contributed by atoms with E-state index < -0.39 is 15.6 Å². The molecule has 0 aliphatic carbocycles. The maximum absolute atomic E-state index is 14.0. The molecule has 4 N–H and O–H groups in total. The highest BCUT2D eigenvalue weighted by molar-refractivity contribution is 8.01. The van der Waals surface area contributed by atoms with Gasteiger partial charge in [-0.15, -0.1) is 15.7 Å². The number of aromatic nitrogens is 2. The fourth-order valence-corrected chi connectivity index (χ4v) is 6.33. The number of anilines is 2. The van der Waals surface area contributed by atoms with Crippen LogP contribution < -0.4 is 25.7 Å². The molecule has 0 bridgehead atoms. The molecule has 0 saturated heterocycles. The van der Waals surface area contributed by atoms with Crippen LogP contribution in [0, 0.1) is 5.41 Å². The SMILES string of the molecule is CC[C@H](C)SNc1ccc2c(c1)S(=O)(=O)N=C(c1c(OCC(C)=[NH2+])c(-c3cccs3)nn(CCC(C)(C)C)c1=O)N2. The second-order valence-electron chi connectivity index (χ2n) is 11.2. The zero-order valence-corrected chi connectivity index (χ0v) is 26.6. The topological polar surface area (TPSA) is 140 Å². The minimum atomic E-state index is -4.16. The Morgan fingerprint density at radius 2 is 2.05 bits per heavy atom. The number of nitrogens with zero attached hydrogens (tertiary/aromatic N) is 3. The van der Waals surface area contributed by atoms with Gasteiger partial charge in [-0.25, -0.2) is 4.68 Å². The Labute approximate surface area is 249 Å². The van der Waals surface area contributed by atoms with Gasteiger partial charge in [0.1, 0.15) is 16.2 Å². The van der Waals surface area contributed by atoms with Crippen LogP contribution in [-0.4, -0.2) is 41.6 Å². The lowest BCUT2D eigenvalue weighted by Gasteiger charge is -2.23. The molecule has 1 aromatic carbocycles. The number of nitrogens with one attached hydrogen (secondary N) is 2. The van der Waals surface area contributed by atoms with Gasteiger partial charge in [-0.3, -0.25) is 10.2 Å². The molecule has 0 amide bonds. The van der Waals surface area contributed by atoms with Crippen LogP contribution in [0.2, 0.25) is 0 Å². The number of rotatable bonds is 11. The number of aryl methyl sites for hydroxylation is 1. The average Bonchev–Trinajstić information content (AvgIpc) is 3.44. The lowest BCUT2D eigenvalue weighted by atomic mass is 9.92. The number of ether oxygens (including phenoxy) is 1. The molecule has 0 radical (unpaired) electrons. The second-order valence-corrected chi connectivity index (χ2v) is 15.0. The second kappa shape index (κ2) is 12.4. The molecule has 3 heterocycles. The Bertz CT molecular complexity index is 1620. The molecule has 13 heteroatoms. The Morgan fingerprint density at radius 3 is 2.68 bits per heavy atom. The highest BCUT2D eigenvalue weighted by Gasteiger charge is 2.32. The first-order valence-corrected chi connectivity index (χ1v) is 16.6. The smallest absolute Gasteiger partial charge is 0.286 e. The molecule has 10 nitrogen and oxygen atoms in total. The minimum absolute atomic E-state index is 0.0117. The van der Waals surface area contributed by atoms with Gasteiger partial charge in [0.15, 0.2) is 23.9 Å². The van der Waals surface area contributed by atoms with Crippen molar-refractivity contribution in [2.24, 2.45) is 9.81 Å². The first kappa shape index (κ1) is 30.8. The highest BCUT2D eigenvalue weighted by atomic mass is 32.2. The summed E-state index contributed by atoms with van der Waals surface area (Å²) in [5.41, 5.74) is 1.28. The van der Waals surface area contributed by atoms with Gasteiger partial charge in [0.2, 0.25) is 0 Å². The van der Waals surface area contributed by atoms with E-state index in [1.807, 2.05) is 17.5 Å². The molecule has 1 aliphatic heterocycles. The van der Waals surface area contributed by atoms with Gasteiger partial charge in [-0.1, -0.05) is 40.7 Å². The third-order valence-electron chi connectivity index (χ3n) is 6.30. The molecule has 3 aromatic rings. The predicted molar refractivity (Wildman–Crippen MR) is 169 cm³/mol. The van der Waals surface area contributed by atoms with Crippen LogP contribution in [-0.2, 0) is 16.6 Å². The maximum Gasteiger partial charge on any atom is 0.286 e. The van der Waals surface area contributed by atoms with Gasteiger partial charge in [0.25, 0.3) is 15.6 Å². The molecule has 4 rings (SSSR count). The van der Waals surface area contributed by atoms with Crippen LogP contribution in [0.5, 0.6) is 5.75 Å². The van der Waals surface area contributed by atoms with E-state index in [9.17, 15) is 13.2 Å². The van der Waals surface area contributed by atoms with E-state index in [0.29, 0.717) is 41.0 Å². The van der Waals surface area contributed by atoms with Crippen molar-refractivity contribution in [3.63, 3.8) is 0 Å². The number of amidine groups is 1. The first-order valence-electron chi connectivity index (χ1n) is 13.4. The van der Waals surface area contributed by atoms with Gasteiger partial charge in [0.05, 0.1) is 10.6 Å². The van der Waals surface area contributed by atoms with Crippen molar-refractivity contribution in [3.05, 3.63) is 51.6 Å². The zero-order chi connectivity index (χ0) is 29.9. The lowest BCUT2D eigenvalue weighted by Crippen LogP contribution is -2.41. The van der Waals surface area contributed by atoms with Crippen LogP contribution in [0.4, 0.5) is 11.4 Å². The summed E-state index contributed by atoms with van der Waals surface area (Å²) < 4.78 is 41.7. The van der Waals surface area contributed by atoms with Gasteiger partial charge in [-0.2, -0.15) is 13.5 Å². The maximum atomic E-state index is 14.0. The predicted octanol–water partition coefficient (Wildman–Crippen LogP) is 4.43. The van der Waals surface area contributed by atoms with Crippen LogP contribution in [0.15, 0.2) is 49.8 Å². The Hall–Kier alpha value is -3.16. The summed E-state index contributed by atoms with van der Waals surface area (Å²) in [4.78, 5) is 14.8. The summed E-state index contributed by atoms with van der Waals surface area (Å²) in [5.74, 6) is 0.00831. The van der Waals surface area contributed by atoms with Gasteiger partial charge < -0.3 is 14.8 Å². The monoisotopic (exact) mass is 617 g/mol. The van der Waals surface area contributed by atoms with Gasteiger partial charge in [0, 0.05) is 24.4 Å². The van der Waals surface area contributed by atoms with E-state index in [-0.39, 0.29) is 34.1 Å². The summed E-state index contributed by atoms with van der Waals surface area (Å²) >= 11 is 2.95. The summed E-state index contributed by atoms with van der Waals surface area (Å²) in [6.07, 6.45) is 1.64. The van der Waals surface area contributed by atoms with Crippen molar-refractivity contribution in [2.45, 2.75) is 71.1 Å². The van der Waals surface area contributed by atoms with E-state index in [4.69, 9.17) is 10.1 Å². The third kappa shape index (κ3) is 7.38. The molecule has 41 heavy (non-hydrogen) atoms. The molecule has 2 aromatic heterocycles. The van der Waals surface area contributed by atoms with Crippen molar-refractivity contribution in [1.29, 1.82) is 0 Å². The Kier molecular flexibility index (Phi) is 9.29. The molecule has 220 valence electrons. The molecule has 1 atom stereocenters. The van der Waals surface area contributed by atoms with Crippen molar-refractivity contribution in [1.82, 2.24) is 9.78 Å². The normalized spacial score (nSPS) is 14.9. The van der Waals surface area contributed by atoms with Crippen LogP contribution in [0.25, 0.3) is 10.6 Å². The highest BCUT2D eigenvalue weighted by Crippen LogP contribution is 2.37. The number of thiophene rings is 1. The summed E-state index contributed by atoms with van der Waals surface area (Å²) in [7, 11) is -4.16. The van der Waals surface area contributed by atoms with Crippen LogP contribution in [0.3, 0.4) is 0 Å². The van der Waals surface area contributed by atoms with Crippen LogP contribution >= 0.6 is 23.3 Å². The van der Waals surface area contributed by atoms with Crippen molar-refractivity contribution in [2.75, 3.05) is 16.6 Å². The third-order valence-corrected chi connectivity index (χ3v) is 9.58. The number of benzene rings is 1. The number of fused-ring (bicyclic) bond motifs is 1. The summed E-state index contributed by atoms with van der Waals surface area (Å²) in [5, 5.41) is 15.9. The molecular weight excluding hydrogens is 581 g/mol. The van der Waals surface area contributed by atoms with Crippen molar-refractivity contribution < 1.29 is 18.6 Å². The van der Waals surface area contributed by atoms with E-state index in [2.05, 4.69) is 54.2 Å². The molecule has 1 aliphatic rings. The van der Waals surface area contributed by atoms with Gasteiger partial charge in [-0.05, 0) is 59.9 Å². The first-order chi connectivity index (χ1) is 19.3.